The Labute approximate surface area is 404 Å². The van der Waals surface area contributed by atoms with Crippen molar-refractivity contribution in [3.8, 4) is 5.75 Å². The lowest BCUT2D eigenvalue weighted by atomic mass is 9.68. The molecule has 5 aromatic rings. The highest BCUT2D eigenvalue weighted by molar-refractivity contribution is 5.90. The molecule has 2 bridgehead atoms. The molecule has 4 heterocycles. The Morgan fingerprint density at radius 2 is 1.59 bits per heavy atom. The second-order valence-corrected chi connectivity index (χ2v) is 20.1. The molecule has 11 heteroatoms. The summed E-state index contributed by atoms with van der Waals surface area (Å²) in [6, 6.07) is 33.2. The first kappa shape index (κ1) is 48.4. The molecule has 2 saturated carbocycles. The van der Waals surface area contributed by atoms with Crippen LogP contribution in [0.3, 0.4) is 0 Å². The second kappa shape index (κ2) is 21.6. The standard InChI is InChI=1S/C58H66O11/c1-36(33-60)47-23-18-37-16-19-40(20-17-37)48-24-21-42(41-13-9-12-39(29-41)28-38-10-5-3-6-11-38)30-45(48)32-51(62)66-54-52-50(69-58(2,55(54)68-56(47)63)46-14-7-4-8-15-46)25-22-43-31-49(57(64)67-53(43)52)44(26-27-59)34-65-35-61/h3,5-6,9-13,16-17,19-20,22,25,29,31,42,44-46,48,54-55,59-61H,4,7-8,14-15,18,21,23-24,26-28,30,32-35H2,1-2H3. The minimum absolute atomic E-state index is 0.0192. The van der Waals surface area contributed by atoms with Crippen LogP contribution < -0.4 is 10.4 Å². The molecular weight excluding hydrogens is 873 g/mol. The van der Waals surface area contributed by atoms with Gasteiger partial charge in [-0.2, -0.15) is 0 Å². The summed E-state index contributed by atoms with van der Waals surface area (Å²) in [6.45, 7) is 2.54. The van der Waals surface area contributed by atoms with E-state index in [9.17, 15) is 24.9 Å². The van der Waals surface area contributed by atoms with Crippen LogP contribution in [0.5, 0.6) is 5.75 Å². The molecule has 11 nitrogen and oxygen atoms in total. The maximum atomic E-state index is 15.2. The van der Waals surface area contributed by atoms with Crippen molar-refractivity contribution >= 4 is 22.9 Å². The van der Waals surface area contributed by atoms with Crippen LogP contribution in [-0.2, 0) is 36.6 Å². The van der Waals surface area contributed by atoms with Crippen LogP contribution in [0.15, 0.2) is 117 Å². The van der Waals surface area contributed by atoms with Crippen LogP contribution in [0.4, 0.5) is 0 Å². The van der Waals surface area contributed by atoms with Gasteiger partial charge in [0.1, 0.15) is 23.7 Å². The van der Waals surface area contributed by atoms with E-state index in [1.807, 2.05) is 13.0 Å². The van der Waals surface area contributed by atoms with Crippen molar-refractivity contribution in [2.75, 3.05) is 26.6 Å². The van der Waals surface area contributed by atoms with Crippen molar-refractivity contribution in [1.29, 1.82) is 0 Å². The highest BCUT2D eigenvalue weighted by atomic mass is 16.6. The summed E-state index contributed by atoms with van der Waals surface area (Å²) in [5.74, 6) is -1.16. The number of carbonyl (C=O) groups excluding carboxylic acids is 2. The monoisotopic (exact) mass is 938 g/mol. The van der Waals surface area contributed by atoms with Gasteiger partial charge in [-0.3, -0.25) is 4.79 Å². The number of benzene rings is 4. The molecule has 3 N–H and O–H groups in total. The van der Waals surface area contributed by atoms with Gasteiger partial charge in [0.25, 0.3) is 0 Å². The Hall–Kier alpha value is -5.59. The number of carbonyl (C=O) groups is 2. The highest BCUT2D eigenvalue weighted by Gasteiger charge is 2.56. The second-order valence-electron chi connectivity index (χ2n) is 20.1. The van der Waals surface area contributed by atoms with Crippen molar-refractivity contribution in [2.24, 2.45) is 11.8 Å². The summed E-state index contributed by atoms with van der Waals surface area (Å²) in [6.07, 6.45) is 6.76. The molecule has 1 aromatic heterocycles. The Bertz CT molecular complexity index is 2680. The molecule has 69 heavy (non-hydrogen) atoms. The minimum Gasteiger partial charge on any atom is -0.483 e. The van der Waals surface area contributed by atoms with Gasteiger partial charge >= 0.3 is 17.6 Å². The predicted molar refractivity (Wildman–Crippen MR) is 262 cm³/mol. The van der Waals surface area contributed by atoms with E-state index in [1.54, 1.807) is 25.1 Å². The highest BCUT2D eigenvalue weighted by Crippen LogP contribution is 2.53. The van der Waals surface area contributed by atoms with E-state index in [0.29, 0.717) is 40.7 Å². The summed E-state index contributed by atoms with van der Waals surface area (Å²) in [5, 5.41) is 30.3. The number of aryl methyl sites for hydroxylation is 1. The number of ether oxygens (including phenoxy) is 4. The fourth-order valence-corrected chi connectivity index (χ4v) is 12.0. The topological polar surface area (TPSA) is 162 Å². The Balaban J connectivity index is 1.15. The molecule has 2 aliphatic carbocycles. The number of esters is 2. The van der Waals surface area contributed by atoms with Gasteiger partial charge in [-0.15, -0.1) is 0 Å². The third-order valence-corrected chi connectivity index (χ3v) is 15.8. The van der Waals surface area contributed by atoms with E-state index < -0.39 is 48.1 Å². The number of aliphatic hydroxyl groups is 3. The summed E-state index contributed by atoms with van der Waals surface area (Å²) in [5.41, 5.74) is 5.65. The third kappa shape index (κ3) is 10.5. The van der Waals surface area contributed by atoms with Crippen LogP contribution in [-0.4, -0.2) is 65.6 Å². The molecule has 0 radical (unpaired) electrons. The lowest BCUT2D eigenvalue weighted by Crippen LogP contribution is -2.58. The van der Waals surface area contributed by atoms with Crippen molar-refractivity contribution in [1.82, 2.24) is 0 Å². The van der Waals surface area contributed by atoms with Gasteiger partial charge in [0.2, 0.25) is 0 Å². The number of fused-ring (bicyclic) bond motifs is 11. The molecule has 7 atom stereocenters. The molecule has 7 unspecified atom stereocenters. The van der Waals surface area contributed by atoms with Crippen molar-refractivity contribution < 1.29 is 48.3 Å². The summed E-state index contributed by atoms with van der Waals surface area (Å²) in [4.78, 5) is 44.1. The number of hydrogen-bond donors (Lipinski definition) is 3. The van der Waals surface area contributed by atoms with Gasteiger partial charge in [0.05, 0.1) is 18.8 Å². The number of hydrogen-bond acceptors (Lipinski definition) is 11. The van der Waals surface area contributed by atoms with E-state index in [2.05, 4.69) is 72.8 Å². The zero-order valence-electron chi connectivity index (χ0n) is 39.9. The minimum atomic E-state index is -1.24. The van der Waals surface area contributed by atoms with E-state index >= 15 is 4.79 Å². The quantitative estimate of drug-likeness (QED) is 0.0500. The Morgan fingerprint density at radius 1 is 0.812 bits per heavy atom. The smallest absolute Gasteiger partial charge is 0.339 e. The van der Waals surface area contributed by atoms with Gasteiger partial charge in [-0.05, 0) is 141 Å². The van der Waals surface area contributed by atoms with Gasteiger partial charge in [0, 0.05) is 41.4 Å². The molecule has 3 aliphatic heterocycles. The van der Waals surface area contributed by atoms with Crippen molar-refractivity contribution in [3.63, 3.8) is 0 Å². The number of rotatable bonds is 11. The van der Waals surface area contributed by atoms with Crippen LogP contribution in [0.2, 0.25) is 0 Å². The van der Waals surface area contributed by atoms with Gasteiger partial charge in [-0.1, -0.05) is 98.1 Å². The molecule has 2 fully saturated rings. The molecular formula is C58H66O11. The fraction of sp³-hybridized carbons (Fsp3) is 0.466. The normalized spacial score (nSPS) is 25.7. The zero-order valence-corrected chi connectivity index (χ0v) is 39.9. The summed E-state index contributed by atoms with van der Waals surface area (Å²) in [7, 11) is 0. The SMILES string of the molecule is CC(CO)=C1CCc2ccc(cc2)C2CCC(c3cccc(Cc4ccccc4)c3)CC2CC(=O)OC2c3c(ccc4cc(C(CCO)COCO)c(=O)oc34)OC(C)(C3CCCCC3)C2OC1=O. The third-order valence-electron chi connectivity index (χ3n) is 15.8. The summed E-state index contributed by atoms with van der Waals surface area (Å²) >= 11 is 0. The van der Waals surface area contributed by atoms with Crippen LogP contribution in [0.1, 0.15) is 147 Å². The van der Waals surface area contributed by atoms with E-state index in [0.717, 1.165) is 68.9 Å². The molecule has 5 aliphatic rings. The van der Waals surface area contributed by atoms with E-state index in [-0.39, 0.29) is 67.5 Å². The molecule has 0 spiro atoms. The largest absolute Gasteiger partial charge is 0.483 e. The average Bonchev–Trinajstić information content (AvgIpc) is 3.36. The van der Waals surface area contributed by atoms with Crippen molar-refractivity contribution in [2.45, 2.75) is 133 Å². The molecule has 4 aromatic carbocycles. The van der Waals surface area contributed by atoms with E-state index in [4.69, 9.17) is 23.4 Å². The van der Waals surface area contributed by atoms with Gasteiger partial charge in [-0.25, -0.2) is 9.59 Å². The van der Waals surface area contributed by atoms with Gasteiger partial charge < -0.3 is 38.7 Å². The first-order chi connectivity index (χ1) is 33.6. The Kier molecular flexibility index (Phi) is 15.2. The maximum absolute atomic E-state index is 15.2. The lowest BCUT2D eigenvalue weighted by molar-refractivity contribution is -0.201. The molecule has 364 valence electrons. The summed E-state index contributed by atoms with van der Waals surface area (Å²) < 4.78 is 32.2. The molecule has 10 rings (SSSR count). The predicted octanol–water partition coefficient (Wildman–Crippen LogP) is 10.1. The van der Waals surface area contributed by atoms with Crippen LogP contribution in [0, 0.1) is 11.8 Å². The van der Waals surface area contributed by atoms with Crippen molar-refractivity contribution in [3.05, 3.63) is 158 Å². The van der Waals surface area contributed by atoms with Crippen LogP contribution in [0.25, 0.3) is 11.0 Å². The number of aliphatic hydroxyl groups excluding tert-OH is 3. The Morgan fingerprint density at radius 3 is 2.35 bits per heavy atom. The fourth-order valence-electron chi connectivity index (χ4n) is 12.0. The molecule has 0 amide bonds. The molecule has 0 saturated heterocycles. The lowest BCUT2D eigenvalue weighted by Gasteiger charge is -2.50. The van der Waals surface area contributed by atoms with E-state index in [1.165, 1.54) is 16.7 Å². The van der Waals surface area contributed by atoms with Gasteiger partial charge in [0.15, 0.2) is 12.2 Å². The first-order valence-corrected chi connectivity index (χ1v) is 25.1. The first-order valence-electron chi connectivity index (χ1n) is 25.1. The maximum Gasteiger partial charge on any atom is 0.339 e. The average molecular weight is 939 g/mol. The van der Waals surface area contributed by atoms with Crippen LogP contribution >= 0.6 is 0 Å². The zero-order chi connectivity index (χ0) is 48.1.